The lowest BCUT2D eigenvalue weighted by molar-refractivity contribution is 0.110. The lowest BCUT2D eigenvalue weighted by Crippen LogP contribution is -2.38. The molecule has 0 bridgehead atoms. The SMILES string of the molecule is COc1ccccc1[C@@H]1CCCCN1C(C)C. The number of methoxy groups -OCH3 is 1. The topological polar surface area (TPSA) is 12.5 Å². The van der Waals surface area contributed by atoms with Crippen LogP contribution in [-0.2, 0) is 0 Å². The Balaban J connectivity index is 2.29. The van der Waals surface area contributed by atoms with Crippen LogP contribution < -0.4 is 4.74 Å². The van der Waals surface area contributed by atoms with E-state index in [0.29, 0.717) is 12.1 Å². The van der Waals surface area contributed by atoms with Gasteiger partial charge in [-0.3, -0.25) is 4.90 Å². The number of hydrogen-bond acceptors (Lipinski definition) is 2. The number of nitrogens with zero attached hydrogens (tertiary/aromatic N) is 1. The Morgan fingerprint density at radius 3 is 2.71 bits per heavy atom. The summed E-state index contributed by atoms with van der Waals surface area (Å²) in [5, 5.41) is 0. The third-order valence-electron chi connectivity index (χ3n) is 3.71. The maximum atomic E-state index is 5.50. The third-order valence-corrected chi connectivity index (χ3v) is 3.71. The van der Waals surface area contributed by atoms with Gasteiger partial charge in [0.25, 0.3) is 0 Å². The number of piperidine rings is 1. The van der Waals surface area contributed by atoms with Crippen LogP contribution in [0.1, 0.15) is 44.7 Å². The number of benzene rings is 1. The summed E-state index contributed by atoms with van der Waals surface area (Å²) >= 11 is 0. The highest BCUT2D eigenvalue weighted by molar-refractivity contribution is 5.36. The summed E-state index contributed by atoms with van der Waals surface area (Å²) in [5.41, 5.74) is 1.35. The van der Waals surface area contributed by atoms with Crippen LogP contribution in [0.4, 0.5) is 0 Å². The van der Waals surface area contributed by atoms with Crippen LogP contribution in [0.2, 0.25) is 0 Å². The third kappa shape index (κ3) is 2.63. The van der Waals surface area contributed by atoms with E-state index in [1.807, 2.05) is 6.07 Å². The Hall–Kier alpha value is -1.02. The molecule has 1 aliphatic rings. The molecular formula is C15H23NO. The molecule has 1 saturated heterocycles. The summed E-state index contributed by atoms with van der Waals surface area (Å²) < 4.78 is 5.50. The molecular weight excluding hydrogens is 210 g/mol. The summed E-state index contributed by atoms with van der Waals surface area (Å²) in [6.45, 7) is 5.78. The molecule has 0 amide bonds. The summed E-state index contributed by atoms with van der Waals surface area (Å²) in [7, 11) is 1.77. The highest BCUT2D eigenvalue weighted by Crippen LogP contribution is 2.36. The monoisotopic (exact) mass is 233 g/mol. The first-order chi connectivity index (χ1) is 8.24. The predicted octanol–water partition coefficient (Wildman–Crippen LogP) is 3.63. The summed E-state index contributed by atoms with van der Waals surface area (Å²) in [6.07, 6.45) is 3.90. The Morgan fingerprint density at radius 1 is 1.24 bits per heavy atom. The van der Waals surface area contributed by atoms with Gasteiger partial charge in [0, 0.05) is 17.6 Å². The van der Waals surface area contributed by atoms with Gasteiger partial charge in [-0.1, -0.05) is 24.6 Å². The Labute approximate surface area is 105 Å². The first-order valence-corrected chi connectivity index (χ1v) is 6.62. The lowest BCUT2D eigenvalue weighted by Gasteiger charge is -2.39. The van der Waals surface area contributed by atoms with Crippen molar-refractivity contribution >= 4 is 0 Å². The van der Waals surface area contributed by atoms with Crippen LogP contribution in [0.5, 0.6) is 5.75 Å². The molecule has 0 aromatic heterocycles. The highest BCUT2D eigenvalue weighted by atomic mass is 16.5. The Morgan fingerprint density at radius 2 is 2.00 bits per heavy atom. The van der Waals surface area contributed by atoms with Gasteiger partial charge in [0.1, 0.15) is 5.75 Å². The first kappa shape index (κ1) is 12.4. The number of likely N-dealkylation sites (tertiary alicyclic amines) is 1. The summed E-state index contributed by atoms with van der Waals surface area (Å²) in [4.78, 5) is 2.60. The zero-order valence-electron chi connectivity index (χ0n) is 11.1. The number of hydrogen-bond donors (Lipinski definition) is 0. The van der Waals surface area contributed by atoms with Crippen molar-refractivity contribution in [3.63, 3.8) is 0 Å². The van der Waals surface area contributed by atoms with E-state index in [4.69, 9.17) is 4.74 Å². The molecule has 17 heavy (non-hydrogen) atoms. The highest BCUT2D eigenvalue weighted by Gasteiger charge is 2.27. The second kappa shape index (κ2) is 5.54. The van der Waals surface area contributed by atoms with E-state index in [1.54, 1.807) is 7.11 Å². The van der Waals surface area contributed by atoms with Gasteiger partial charge in [-0.25, -0.2) is 0 Å². The van der Waals surface area contributed by atoms with E-state index in [-0.39, 0.29) is 0 Å². The van der Waals surface area contributed by atoms with Crippen molar-refractivity contribution in [2.45, 2.75) is 45.2 Å². The fourth-order valence-electron chi connectivity index (χ4n) is 2.85. The smallest absolute Gasteiger partial charge is 0.123 e. The van der Waals surface area contributed by atoms with Crippen LogP contribution >= 0.6 is 0 Å². The second-order valence-electron chi connectivity index (χ2n) is 5.09. The van der Waals surface area contributed by atoms with Crippen molar-refractivity contribution in [2.75, 3.05) is 13.7 Å². The van der Waals surface area contributed by atoms with Crippen molar-refractivity contribution in [2.24, 2.45) is 0 Å². The van der Waals surface area contributed by atoms with Gasteiger partial charge in [0.15, 0.2) is 0 Å². The van der Waals surface area contributed by atoms with Gasteiger partial charge in [0.2, 0.25) is 0 Å². The fourth-order valence-corrected chi connectivity index (χ4v) is 2.85. The van der Waals surface area contributed by atoms with Crippen molar-refractivity contribution in [1.29, 1.82) is 0 Å². The number of para-hydroxylation sites is 1. The van der Waals surface area contributed by atoms with Crippen LogP contribution in [0, 0.1) is 0 Å². The minimum atomic E-state index is 0.528. The number of rotatable bonds is 3. The molecule has 94 valence electrons. The summed E-state index contributed by atoms with van der Waals surface area (Å²) in [6, 6.07) is 9.58. The predicted molar refractivity (Wildman–Crippen MR) is 71.4 cm³/mol. The summed E-state index contributed by atoms with van der Waals surface area (Å²) in [5.74, 6) is 1.03. The number of ether oxygens (including phenoxy) is 1. The van der Waals surface area contributed by atoms with E-state index in [1.165, 1.54) is 31.4 Å². The van der Waals surface area contributed by atoms with E-state index < -0.39 is 0 Å². The maximum Gasteiger partial charge on any atom is 0.123 e. The molecule has 0 saturated carbocycles. The van der Waals surface area contributed by atoms with Crippen LogP contribution in [0.15, 0.2) is 24.3 Å². The zero-order valence-corrected chi connectivity index (χ0v) is 11.1. The quantitative estimate of drug-likeness (QED) is 0.790. The normalized spacial score (nSPS) is 21.8. The molecule has 0 spiro atoms. The minimum Gasteiger partial charge on any atom is -0.496 e. The standard InChI is InChI=1S/C15H23NO/c1-12(2)16-11-7-6-9-14(16)13-8-4-5-10-15(13)17-3/h4-5,8,10,12,14H,6-7,9,11H2,1-3H3/t14-/m0/s1. The van der Waals surface area contributed by atoms with Gasteiger partial charge < -0.3 is 4.74 Å². The van der Waals surface area contributed by atoms with Gasteiger partial charge in [-0.15, -0.1) is 0 Å². The molecule has 0 radical (unpaired) electrons. The first-order valence-electron chi connectivity index (χ1n) is 6.62. The zero-order chi connectivity index (χ0) is 12.3. The Bertz CT molecular complexity index is 362. The van der Waals surface area contributed by atoms with Crippen molar-refractivity contribution in [3.8, 4) is 5.75 Å². The van der Waals surface area contributed by atoms with Gasteiger partial charge >= 0.3 is 0 Å². The molecule has 1 aromatic carbocycles. The van der Waals surface area contributed by atoms with Crippen LogP contribution in [0.3, 0.4) is 0 Å². The molecule has 1 atom stereocenters. The molecule has 1 fully saturated rings. The largest absolute Gasteiger partial charge is 0.496 e. The molecule has 1 heterocycles. The fraction of sp³-hybridized carbons (Fsp3) is 0.600. The van der Waals surface area contributed by atoms with Crippen LogP contribution in [-0.4, -0.2) is 24.6 Å². The van der Waals surface area contributed by atoms with E-state index in [9.17, 15) is 0 Å². The lowest BCUT2D eigenvalue weighted by atomic mass is 9.93. The molecule has 2 rings (SSSR count). The van der Waals surface area contributed by atoms with E-state index in [0.717, 1.165) is 5.75 Å². The second-order valence-corrected chi connectivity index (χ2v) is 5.09. The average molecular weight is 233 g/mol. The van der Waals surface area contributed by atoms with E-state index >= 15 is 0 Å². The Kier molecular flexibility index (Phi) is 4.06. The molecule has 0 unspecified atom stereocenters. The van der Waals surface area contributed by atoms with Crippen molar-refractivity contribution < 1.29 is 4.74 Å². The molecule has 0 N–H and O–H groups in total. The molecule has 2 nitrogen and oxygen atoms in total. The van der Waals surface area contributed by atoms with Gasteiger partial charge in [-0.2, -0.15) is 0 Å². The maximum absolute atomic E-state index is 5.50. The minimum absolute atomic E-state index is 0.528. The molecule has 1 aromatic rings. The molecule has 2 heteroatoms. The molecule has 1 aliphatic heterocycles. The average Bonchev–Trinajstić information content (AvgIpc) is 2.38. The molecule has 0 aliphatic carbocycles. The van der Waals surface area contributed by atoms with Gasteiger partial charge in [0.05, 0.1) is 7.11 Å². The van der Waals surface area contributed by atoms with E-state index in [2.05, 4.69) is 36.9 Å². The van der Waals surface area contributed by atoms with Crippen LogP contribution in [0.25, 0.3) is 0 Å². The van der Waals surface area contributed by atoms with Gasteiger partial charge in [-0.05, 0) is 39.3 Å². The van der Waals surface area contributed by atoms with Crippen molar-refractivity contribution in [1.82, 2.24) is 4.90 Å². The van der Waals surface area contributed by atoms with Crippen molar-refractivity contribution in [3.05, 3.63) is 29.8 Å².